The number of ether oxygens (including phenoxy) is 1. The van der Waals surface area contributed by atoms with E-state index in [4.69, 9.17) is 4.74 Å². The third-order valence-corrected chi connectivity index (χ3v) is 4.99. The standard InChI is InChI=1S/C26H24N4O2/c1-2-19-8-10-20(11-9-19)17-27-30-26(31)25-16-24(28-29-25)22-12-14-23(15-13-22)32-18-21-6-4-3-5-7-21/h3-17H,2,18H2,1H3,(H,28,29)(H,30,31)/b27-17-. The lowest BCUT2D eigenvalue weighted by Gasteiger charge is -2.06. The van der Waals surface area contributed by atoms with E-state index in [2.05, 4.69) is 27.6 Å². The van der Waals surface area contributed by atoms with Crippen molar-refractivity contribution in [2.75, 3.05) is 0 Å². The molecule has 0 bridgehead atoms. The van der Waals surface area contributed by atoms with Gasteiger partial charge in [0.25, 0.3) is 5.91 Å². The van der Waals surface area contributed by atoms with E-state index < -0.39 is 0 Å². The molecule has 0 unspecified atom stereocenters. The molecule has 2 N–H and O–H groups in total. The molecule has 160 valence electrons. The van der Waals surface area contributed by atoms with Crippen molar-refractivity contribution in [2.45, 2.75) is 20.0 Å². The zero-order valence-corrected chi connectivity index (χ0v) is 17.8. The molecule has 3 aromatic carbocycles. The molecule has 1 aromatic heterocycles. The zero-order valence-electron chi connectivity index (χ0n) is 17.8. The van der Waals surface area contributed by atoms with E-state index >= 15 is 0 Å². The van der Waals surface area contributed by atoms with Crippen LogP contribution in [0.4, 0.5) is 0 Å². The number of rotatable bonds is 8. The second kappa shape index (κ2) is 10.2. The summed E-state index contributed by atoms with van der Waals surface area (Å²) in [5.41, 5.74) is 7.70. The Hall–Kier alpha value is -4.19. The normalized spacial score (nSPS) is 10.9. The van der Waals surface area contributed by atoms with E-state index in [1.165, 1.54) is 5.56 Å². The number of nitrogens with zero attached hydrogens (tertiary/aromatic N) is 2. The molecule has 0 atom stereocenters. The summed E-state index contributed by atoms with van der Waals surface area (Å²) in [6.07, 6.45) is 2.60. The van der Waals surface area contributed by atoms with Crippen LogP contribution in [0, 0.1) is 0 Å². The molecular weight excluding hydrogens is 400 g/mol. The van der Waals surface area contributed by atoms with Crippen molar-refractivity contribution >= 4 is 12.1 Å². The highest BCUT2D eigenvalue weighted by Crippen LogP contribution is 2.22. The van der Waals surface area contributed by atoms with Gasteiger partial charge in [-0.25, -0.2) is 5.43 Å². The van der Waals surface area contributed by atoms with Gasteiger partial charge in [-0.2, -0.15) is 10.2 Å². The fourth-order valence-corrected chi connectivity index (χ4v) is 3.11. The Kier molecular flexibility index (Phi) is 6.72. The first-order chi connectivity index (χ1) is 15.7. The van der Waals surface area contributed by atoms with Gasteiger partial charge in [-0.05, 0) is 53.4 Å². The van der Waals surface area contributed by atoms with Crippen LogP contribution in [0.2, 0.25) is 0 Å². The summed E-state index contributed by atoms with van der Waals surface area (Å²) in [4.78, 5) is 12.3. The minimum absolute atomic E-state index is 0.336. The van der Waals surface area contributed by atoms with Crippen LogP contribution >= 0.6 is 0 Å². The molecule has 1 amide bonds. The summed E-state index contributed by atoms with van der Waals surface area (Å²) in [5.74, 6) is 0.417. The number of benzene rings is 3. The minimum atomic E-state index is -0.354. The quantitative estimate of drug-likeness (QED) is 0.309. The Morgan fingerprint density at radius 2 is 1.75 bits per heavy atom. The van der Waals surface area contributed by atoms with Gasteiger partial charge in [0.05, 0.1) is 11.9 Å². The Labute approximate surface area is 187 Å². The second-order valence-electron chi connectivity index (χ2n) is 7.26. The molecule has 6 heteroatoms. The lowest BCUT2D eigenvalue weighted by Crippen LogP contribution is -2.17. The molecule has 32 heavy (non-hydrogen) atoms. The van der Waals surface area contributed by atoms with Crippen LogP contribution in [-0.4, -0.2) is 22.3 Å². The van der Waals surface area contributed by atoms with Crippen LogP contribution in [0.25, 0.3) is 11.3 Å². The number of hydrogen-bond donors (Lipinski definition) is 2. The van der Waals surface area contributed by atoms with Crippen molar-refractivity contribution < 1.29 is 9.53 Å². The maximum absolute atomic E-state index is 12.3. The summed E-state index contributed by atoms with van der Waals surface area (Å²) >= 11 is 0. The van der Waals surface area contributed by atoms with Crippen LogP contribution in [0.1, 0.15) is 34.1 Å². The van der Waals surface area contributed by atoms with Crippen LogP contribution in [0.15, 0.2) is 90.0 Å². The molecule has 1 heterocycles. The van der Waals surface area contributed by atoms with E-state index in [1.54, 1.807) is 12.3 Å². The third-order valence-electron chi connectivity index (χ3n) is 4.99. The lowest BCUT2D eigenvalue weighted by atomic mass is 10.1. The Morgan fingerprint density at radius 3 is 2.47 bits per heavy atom. The fourth-order valence-electron chi connectivity index (χ4n) is 3.11. The molecule has 4 rings (SSSR count). The molecule has 6 nitrogen and oxygen atoms in total. The molecular formula is C26H24N4O2. The molecule has 0 fully saturated rings. The van der Waals surface area contributed by atoms with Crippen LogP contribution in [-0.2, 0) is 13.0 Å². The van der Waals surface area contributed by atoms with Gasteiger partial charge in [0, 0.05) is 5.56 Å². The predicted molar refractivity (Wildman–Crippen MR) is 126 cm³/mol. The van der Waals surface area contributed by atoms with E-state index in [0.717, 1.165) is 28.9 Å². The van der Waals surface area contributed by atoms with Crippen molar-refractivity contribution in [3.05, 3.63) is 107 Å². The summed E-state index contributed by atoms with van der Waals surface area (Å²) in [6.45, 7) is 2.62. The first kappa shape index (κ1) is 21.1. The number of hydrazone groups is 1. The molecule has 0 saturated heterocycles. The molecule has 0 aliphatic rings. The summed E-state index contributed by atoms with van der Waals surface area (Å²) < 4.78 is 5.81. The van der Waals surface area contributed by atoms with Crippen LogP contribution in [0.3, 0.4) is 0 Å². The number of carbonyl (C=O) groups is 1. The number of nitrogens with one attached hydrogen (secondary N) is 2. The van der Waals surface area contributed by atoms with Gasteiger partial charge in [0.15, 0.2) is 0 Å². The van der Waals surface area contributed by atoms with Crippen molar-refractivity contribution in [3.8, 4) is 17.0 Å². The maximum atomic E-state index is 12.3. The second-order valence-corrected chi connectivity index (χ2v) is 7.26. The van der Waals surface area contributed by atoms with Crippen molar-refractivity contribution in [2.24, 2.45) is 5.10 Å². The average Bonchev–Trinajstić information content (AvgIpc) is 3.35. The van der Waals surface area contributed by atoms with Gasteiger partial charge in [-0.15, -0.1) is 0 Å². The number of carbonyl (C=O) groups excluding carboxylic acids is 1. The van der Waals surface area contributed by atoms with Gasteiger partial charge < -0.3 is 4.74 Å². The molecule has 0 saturated carbocycles. The minimum Gasteiger partial charge on any atom is -0.489 e. The summed E-state index contributed by atoms with van der Waals surface area (Å²) in [7, 11) is 0. The largest absolute Gasteiger partial charge is 0.489 e. The SMILES string of the molecule is CCc1ccc(/C=N\NC(=O)c2cc(-c3ccc(OCc4ccccc4)cc3)n[nH]2)cc1. The van der Waals surface area contributed by atoms with E-state index in [-0.39, 0.29) is 5.91 Å². The molecule has 4 aromatic rings. The van der Waals surface area contributed by atoms with Gasteiger partial charge in [0.1, 0.15) is 18.1 Å². The number of aromatic nitrogens is 2. The molecule has 0 radical (unpaired) electrons. The highest BCUT2D eigenvalue weighted by Gasteiger charge is 2.10. The number of amides is 1. The highest BCUT2D eigenvalue weighted by atomic mass is 16.5. The summed E-state index contributed by atoms with van der Waals surface area (Å²) in [5, 5.41) is 11.0. The average molecular weight is 425 g/mol. The van der Waals surface area contributed by atoms with E-state index in [9.17, 15) is 4.79 Å². The lowest BCUT2D eigenvalue weighted by molar-refractivity contribution is 0.0950. The van der Waals surface area contributed by atoms with Crippen LogP contribution in [0.5, 0.6) is 5.75 Å². The van der Waals surface area contributed by atoms with Crippen molar-refractivity contribution in [3.63, 3.8) is 0 Å². The Balaban J connectivity index is 1.33. The molecule has 0 aliphatic carbocycles. The number of aromatic amines is 1. The number of aryl methyl sites for hydroxylation is 1. The molecule has 0 spiro atoms. The van der Waals surface area contributed by atoms with Crippen molar-refractivity contribution in [1.29, 1.82) is 0 Å². The predicted octanol–water partition coefficient (Wildman–Crippen LogP) is 4.98. The Bertz CT molecular complexity index is 1180. The van der Waals surface area contributed by atoms with Gasteiger partial charge >= 0.3 is 0 Å². The Morgan fingerprint density at radius 1 is 1.00 bits per heavy atom. The fraction of sp³-hybridized carbons (Fsp3) is 0.115. The van der Waals surface area contributed by atoms with Crippen molar-refractivity contribution in [1.82, 2.24) is 15.6 Å². The smallest absolute Gasteiger partial charge is 0.289 e. The van der Waals surface area contributed by atoms with E-state index in [0.29, 0.717) is 18.0 Å². The first-order valence-electron chi connectivity index (χ1n) is 10.5. The monoisotopic (exact) mass is 424 g/mol. The third kappa shape index (κ3) is 5.49. The maximum Gasteiger partial charge on any atom is 0.289 e. The zero-order chi connectivity index (χ0) is 22.2. The summed E-state index contributed by atoms with van der Waals surface area (Å²) in [6, 6.07) is 27.3. The number of hydrogen-bond acceptors (Lipinski definition) is 4. The van der Waals surface area contributed by atoms with Gasteiger partial charge in [-0.3, -0.25) is 9.89 Å². The topological polar surface area (TPSA) is 79.4 Å². The number of H-pyrrole nitrogens is 1. The van der Waals surface area contributed by atoms with E-state index in [1.807, 2.05) is 78.9 Å². The van der Waals surface area contributed by atoms with Crippen LogP contribution < -0.4 is 10.2 Å². The first-order valence-corrected chi connectivity index (χ1v) is 10.5. The van der Waals surface area contributed by atoms with Gasteiger partial charge in [0.2, 0.25) is 0 Å². The van der Waals surface area contributed by atoms with Gasteiger partial charge in [-0.1, -0.05) is 61.5 Å². The highest BCUT2D eigenvalue weighted by molar-refractivity contribution is 5.94. The molecule has 0 aliphatic heterocycles.